The van der Waals surface area contributed by atoms with Crippen LogP contribution >= 0.6 is 11.6 Å². The molecule has 1 amide bonds. The molecule has 0 unspecified atom stereocenters. The summed E-state index contributed by atoms with van der Waals surface area (Å²) < 4.78 is 5.30. The van der Waals surface area contributed by atoms with E-state index in [0.717, 1.165) is 25.1 Å². The summed E-state index contributed by atoms with van der Waals surface area (Å²) in [5.41, 5.74) is 0.671. The Bertz CT molecular complexity index is 514. The number of hydrogen-bond donors (Lipinski definition) is 1. The molecule has 1 fully saturated rings. The standard InChI is InChI=1S/C17H26ClN3O2/c1-17(2,3)23-16(22)20-11-14-6-4-5-9-21(14)12-13-7-8-15(18)19-10-13/h7-8,10,14H,4-6,9,11-12H2,1-3H3,(H,20,22)/t14-/m0/s1. The lowest BCUT2D eigenvalue weighted by molar-refractivity contribution is 0.0492. The van der Waals surface area contributed by atoms with E-state index in [-0.39, 0.29) is 6.09 Å². The third-order valence-corrected chi connectivity index (χ3v) is 4.03. The van der Waals surface area contributed by atoms with E-state index < -0.39 is 5.60 Å². The van der Waals surface area contributed by atoms with Crippen LogP contribution in [0.15, 0.2) is 18.3 Å². The fraction of sp³-hybridized carbons (Fsp3) is 0.647. The van der Waals surface area contributed by atoms with Crippen molar-refractivity contribution in [1.82, 2.24) is 15.2 Å². The van der Waals surface area contributed by atoms with Crippen molar-refractivity contribution in [2.24, 2.45) is 0 Å². The minimum Gasteiger partial charge on any atom is -0.444 e. The Balaban J connectivity index is 1.88. The number of alkyl carbamates (subject to hydrolysis) is 1. The molecule has 1 saturated heterocycles. The Morgan fingerprint density at radius 2 is 2.22 bits per heavy atom. The number of halogens is 1. The highest BCUT2D eigenvalue weighted by Gasteiger charge is 2.24. The minimum absolute atomic E-state index is 0.326. The van der Waals surface area contributed by atoms with Crippen molar-refractivity contribution in [3.05, 3.63) is 29.0 Å². The second kappa shape index (κ2) is 7.97. The predicted molar refractivity (Wildman–Crippen MR) is 91.5 cm³/mol. The van der Waals surface area contributed by atoms with Gasteiger partial charge in [0.1, 0.15) is 10.8 Å². The van der Waals surface area contributed by atoms with Crippen molar-refractivity contribution >= 4 is 17.7 Å². The molecule has 6 heteroatoms. The zero-order valence-corrected chi connectivity index (χ0v) is 14.9. The summed E-state index contributed by atoms with van der Waals surface area (Å²) in [6.07, 6.45) is 4.92. The first-order valence-electron chi connectivity index (χ1n) is 8.15. The first-order valence-corrected chi connectivity index (χ1v) is 8.52. The average molecular weight is 340 g/mol. The summed E-state index contributed by atoms with van der Waals surface area (Å²) in [6.45, 7) is 8.07. The molecule has 1 aromatic heterocycles. The molecular weight excluding hydrogens is 314 g/mol. The molecule has 1 aliphatic heterocycles. The number of amides is 1. The van der Waals surface area contributed by atoms with Crippen LogP contribution in [0, 0.1) is 0 Å². The van der Waals surface area contributed by atoms with E-state index in [4.69, 9.17) is 16.3 Å². The van der Waals surface area contributed by atoms with Gasteiger partial charge in [-0.2, -0.15) is 0 Å². The summed E-state index contributed by atoms with van der Waals surface area (Å²) in [4.78, 5) is 18.4. The van der Waals surface area contributed by atoms with E-state index in [0.29, 0.717) is 17.7 Å². The Kier molecular flexibility index (Phi) is 6.25. The largest absolute Gasteiger partial charge is 0.444 e. The van der Waals surface area contributed by atoms with E-state index in [1.165, 1.54) is 12.8 Å². The Morgan fingerprint density at radius 1 is 1.43 bits per heavy atom. The van der Waals surface area contributed by atoms with Crippen LogP contribution in [0.25, 0.3) is 0 Å². The number of pyridine rings is 1. The summed E-state index contributed by atoms with van der Waals surface area (Å²) in [5, 5.41) is 3.40. The van der Waals surface area contributed by atoms with Crippen LogP contribution in [-0.2, 0) is 11.3 Å². The van der Waals surface area contributed by atoms with Gasteiger partial charge in [0.05, 0.1) is 0 Å². The molecule has 1 aromatic rings. The lowest BCUT2D eigenvalue weighted by Crippen LogP contribution is -2.47. The number of ether oxygens (including phenoxy) is 1. The van der Waals surface area contributed by atoms with Gasteiger partial charge in [0.15, 0.2) is 0 Å². The average Bonchev–Trinajstić information content (AvgIpc) is 2.47. The normalized spacial score (nSPS) is 19.4. The molecule has 1 N–H and O–H groups in total. The molecule has 2 rings (SSSR count). The maximum Gasteiger partial charge on any atom is 0.407 e. The molecule has 0 bridgehead atoms. The fourth-order valence-corrected chi connectivity index (χ4v) is 2.86. The van der Waals surface area contributed by atoms with Gasteiger partial charge in [0.2, 0.25) is 0 Å². The van der Waals surface area contributed by atoms with Gasteiger partial charge < -0.3 is 10.1 Å². The quantitative estimate of drug-likeness (QED) is 0.851. The number of nitrogens with zero attached hydrogens (tertiary/aromatic N) is 2. The number of likely N-dealkylation sites (tertiary alicyclic amines) is 1. The van der Waals surface area contributed by atoms with Gasteiger partial charge in [-0.15, -0.1) is 0 Å². The summed E-state index contributed by atoms with van der Waals surface area (Å²) in [6, 6.07) is 4.14. The predicted octanol–water partition coefficient (Wildman–Crippen LogP) is 3.61. The van der Waals surface area contributed by atoms with Crippen LogP contribution < -0.4 is 5.32 Å². The molecule has 0 spiro atoms. The van der Waals surface area contributed by atoms with Crippen LogP contribution in [0.1, 0.15) is 45.6 Å². The second-order valence-corrected chi connectivity index (χ2v) is 7.38. The van der Waals surface area contributed by atoms with Crippen molar-refractivity contribution in [2.75, 3.05) is 13.1 Å². The summed E-state index contributed by atoms with van der Waals surface area (Å²) in [5.74, 6) is 0. The van der Waals surface area contributed by atoms with Gasteiger partial charge in [-0.25, -0.2) is 9.78 Å². The fourth-order valence-electron chi connectivity index (χ4n) is 2.75. The topological polar surface area (TPSA) is 54.5 Å². The number of piperidine rings is 1. The van der Waals surface area contributed by atoms with Crippen LogP contribution in [-0.4, -0.2) is 40.7 Å². The van der Waals surface area contributed by atoms with E-state index in [2.05, 4.69) is 15.2 Å². The van der Waals surface area contributed by atoms with Gasteiger partial charge in [0.25, 0.3) is 0 Å². The lowest BCUT2D eigenvalue weighted by Gasteiger charge is -2.36. The Morgan fingerprint density at radius 3 is 2.87 bits per heavy atom. The van der Waals surface area contributed by atoms with E-state index in [1.807, 2.05) is 39.1 Å². The van der Waals surface area contributed by atoms with Crippen molar-refractivity contribution in [3.63, 3.8) is 0 Å². The van der Waals surface area contributed by atoms with E-state index >= 15 is 0 Å². The molecule has 128 valence electrons. The number of carbonyl (C=O) groups excluding carboxylic acids is 1. The molecular formula is C17H26ClN3O2. The highest BCUT2D eigenvalue weighted by atomic mass is 35.5. The highest BCUT2D eigenvalue weighted by molar-refractivity contribution is 6.29. The molecule has 1 aliphatic rings. The number of aromatic nitrogens is 1. The molecule has 5 nitrogen and oxygen atoms in total. The molecule has 0 saturated carbocycles. The van der Waals surface area contributed by atoms with Crippen LogP contribution in [0.5, 0.6) is 0 Å². The van der Waals surface area contributed by atoms with Gasteiger partial charge in [-0.3, -0.25) is 4.90 Å². The maximum absolute atomic E-state index is 11.8. The van der Waals surface area contributed by atoms with Crippen LogP contribution in [0.4, 0.5) is 4.79 Å². The van der Waals surface area contributed by atoms with Crippen molar-refractivity contribution in [1.29, 1.82) is 0 Å². The van der Waals surface area contributed by atoms with E-state index in [1.54, 1.807) is 0 Å². The van der Waals surface area contributed by atoms with Gasteiger partial charge in [0, 0.05) is 25.3 Å². The van der Waals surface area contributed by atoms with Crippen molar-refractivity contribution in [3.8, 4) is 0 Å². The maximum atomic E-state index is 11.8. The van der Waals surface area contributed by atoms with Crippen LogP contribution in [0.3, 0.4) is 0 Å². The molecule has 0 radical (unpaired) electrons. The number of rotatable bonds is 4. The van der Waals surface area contributed by atoms with Gasteiger partial charge in [-0.1, -0.05) is 24.1 Å². The smallest absolute Gasteiger partial charge is 0.407 e. The zero-order valence-electron chi connectivity index (χ0n) is 14.1. The lowest BCUT2D eigenvalue weighted by atomic mass is 10.0. The van der Waals surface area contributed by atoms with Gasteiger partial charge >= 0.3 is 6.09 Å². The second-order valence-electron chi connectivity index (χ2n) is 6.99. The first kappa shape index (κ1) is 18.0. The minimum atomic E-state index is -0.467. The number of hydrogen-bond acceptors (Lipinski definition) is 4. The third-order valence-electron chi connectivity index (χ3n) is 3.80. The monoisotopic (exact) mass is 339 g/mol. The first-order chi connectivity index (χ1) is 10.8. The van der Waals surface area contributed by atoms with Crippen molar-refractivity contribution < 1.29 is 9.53 Å². The number of nitrogens with one attached hydrogen (secondary N) is 1. The molecule has 0 aromatic carbocycles. The van der Waals surface area contributed by atoms with Gasteiger partial charge in [-0.05, 0) is 51.8 Å². The molecule has 23 heavy (non-hydrogen) atoms. The Labute approximate surface area is 143 Å². The third kappa shape index (κ3) is 6.36. The van der Waals surface area contributed by atoms with Crippen LogP contribution in [0.2, 0.25) is 5.15 Å². The van der Waals surface area contributed by atoms with E-state index in [9.17, 15) is 4.79 Å². The summed E-state index contributed by atoms with van der Waals surface area (Å²) >= 11 is 5.83. The number of carbonyl (C=O) groups is 1. The van der Waals surface area contributed by atoms with Crippen molar-refractivity contribution in [2.45, 2.75) is 58.2 Å². The molecule has 2 heterocycles. The SMILES string of the molecule is CC(C)(C)OC(=O)NC[C@@H]1CCCCN1Cc1ccc(Cl)nc1. The zero-order chi connectivity index (χ0) is 16.9. The molecule has 1 atom stereocenters. The Hall–Kier alpha value is -1.33. The molecule has 0 aliphatic carbocycles. The highest BCUT2D eigenvalue weighted by Crippen LogP contribution is 2.19. The summed E-state index contributed by atoms with van der Waals surface area (Å²) in [7, 11) is 0.